The Bertz CT molecular complexity index is 358. The fraction of sp³-hybridized carbons (Fsp3) is 0.462. The zero-order valence-corrected chi connectivity index (χ0v) is 8.76. The summed E-state index contributed by atoms with van der Waals surface area (Å²) < 4.78 is 0. The second-order valence-corrected chi connectivity index (χ2v) is 4.61. The van der Waals surface area contributed by atoms with Crippen molar-refractivity contribution in [3.63, 3.8) is 0 Å². The third-order valence-electron chi connectivity index (χ3n) is 3.59. The number of rotatable bonds is 2. The quantitative estimate of drug-likeness (QED) is 0.792. The van der Waals surface area contributed by atoms with Crippen LogP contribution in [-0.2, 0) is 0 Å². The minimum Gasteiger partial charge on any atom is -0.307 e. The van der Waals surface area contributed by atoms with Crippen LogP contribution in [0, 0.1) is 5.92 Å². The van der Waals surface area contributed by atoms with Crippen LogP contribution in [0.1, 0.15) is 24.8 Å². The summed E-state index contributed by atoms with van der Waals surface area (Å²) >= 11 is 0. The van der Waals surface area contributed by atoms with E-state index in [0.717, 1.165) is 12.0 Å². The van der Waals surface area contributed by atoms with Crippen LogP contribution in [0.15, 0.2) is 30.6 Å². The van der Waals surface area contributed by atoms with E-state index in [1.54, 1.807) is 0 Å². The molecule has 3 atom stereocenters. The molecule has 1 aliphatic heterocycles. The van der Waals surface area contributed by atoms with Crippen molar-refractivity contribution in [3.8, 4) is 0 Å². The molecule has 3 rings (SSSR count). The van der Waals surface area contributed by atoms with Crippen molar-refractivity contribution in [2.75, 3.05) is 0 Å². The Morgan fingerprint density at radius 3 is 3.07 bits per heavy atom. The van der Waals surface area contributed by atoms with E-state index in [1.165, 1.54) is 24.8 Å². The highest BCUT2D eigenvalue weighted by molar-refractivity contribution is 5.48. The van der Waals surface area contributed by atoms with Crippen LogP contribution >= 0.6 is 0 Å². The number of aromatic nitrogens is 1. The molecule has 2 nitrogen and oxygen atoms in total. The van der Waals surface area contributed by atoms with Crippen molar-refractivity contribution in [2.45, 2.75) is 31.3 Å². The first-order valence-corrected chi connectivity index (χ1v) is 5.76. The number of fused-ring (bicyclic) bond motifs is 2. The van der Waals surface area contributed by atoms with Crippen molar-refractivity contribution in [2.24, 2.45) is 5.92 Å². The Balaban J connectivity index is 1.68. The summed E-state index contributed by atoms with van der Waals surface area (Å²) in [7, 11) is 0. The highest BCUT2D eigenvalue weighted by atomic mass is 15.0. The van der Waals surface area contributed by atoms with Gasteiger partial charge in [0.05, 0.1) is 0 Å². The molecule has 0 aromatic carbocycles. The first-order valence-electron chi connectivity index (χ1n) is 5.76. The van der Waals surface area contributed by atoms with E-state index in [0.29, 0.717) is 6.04 Å². The maximum absolute atomic E-state index is 4.11. The van der Waals surface area contributed by atoms with Gasteiger partial charge < -0.3 is 5.32 Å². The van der Waals surface area contributed by atoms with Gasteiger partial charge in [0.2, 0.25) is 0 Å². The number of hydrogen-bond acceptors (Lipinski definition) is 2. The number of hydrogen-bond donors (Lipinski definition) is 1. The van der Waals surface area contributed by atoms with Gasteiger partial charge in [-0.15, -0.1) is 0 Å². The first kappa shape index (κ1) is 9.10. The maximum Gasteiger partial charge on any atom is 0.0340 e. The molecule has 1 aliphatic carbocycles. The molecule has 1 aromatic heterocycles. The molecule has 1 N–H and O–H groups in total. The summed E-state index contributed by atoms with van der Waals surface area (Å²) in [4.78, 5) is 4.11. The highest BCUT2D eigenvalue weighted by Gasteiger charge is 2.37. The molecule has 3 unspecified atom stereocenters. The number of pyridine rings is 1. The normalized spacial score (nSPS) is 34.0. The Morgan fingerprint density at radius 2 is 2.40 bits per heavy atom. The van der Waals surface area contributed by atoms with Crippen LogP contribution in [0.25, 0.3) is 6.08 Å². The molecule has 1 saturated heterocycles. The van der Waals surface area contributed by atoms with Crippen molar-refractivity contribution >= 4 is 6.08 Å². The lowest BCUT2D eigenvalue weighted by atomic mass is 9.99. The molecule has 15 heavy (non-hydrogen) atoms. The largest absolute Gasteiger partial charge is 0.307 e. The predicted octanol–water partition coefficient (Wildman–Crippen LogP) is 2.24. The maximum atomic E-state index is 4.11. The summed E-state index contributed by atoms with van der Waals surface area (Å²) in [5.74, 6) is 0.878. The van der Waals surface area contributed by atoms with Crippen molar-refractivity contribution in [1.82, 2.24) is 10.3 Å². The minimum atomic E-state index is 0.601. The predicted molar refractivity (Wildman–Crippen MR) is 61.3 cm³/mol. The number of piperidine rings is 1. The monoisotopic (exact) mass is 200 g/mol. The summed E-state index contributed by atoms with van der Waals surface area (Å²) in [6.45, 7) is 0. The van der Waals surface area contributed by atoms with Gasteiger partial charge in [0.15, 0.2) is 0 Å². The second kappa shape index (κ2) is 3.78. The lowest BCUT2D eigenvalue weighted by molar-refractivity contribution is 0.437. The van der Waals surface area contributed by atoms with Gasteiger partial charge in [-0.05, 0) is 36.8 Å². The highest BCUT2D eigenvalue weighted by Crippen LogP contribution is 2.35. The van der Waals surface area contributed by atoms with Crippen LogP contribution in [0.3, 0.4) is 0 Å². The molecule has 1 aromatic rings. The molecule has 2 bridgehead atoms. The van der Waals surface area contributed by atoms with Gasteiger partial charge in [-0.25, -0.2) is 0 Å². The summed E-state index contributed by atoms with van der Waals surface area (Å²) in [6.07, 6.45) is 12.4. The van der Waals surface area contributed by atoms with E-state index in [2.05, 4.69) is 28.5 Å². The van der Waals surface area contributed by atoms with E-state index in [1.807, 2.05) is 18.5 Å². The zero-order valence-electron chi connectivity index (χ0n) is 8.76. The van der Waals surface area contributed by atoms with Gasteiger partial charge in [0, 0.05) is 24.5 Å². The van der Waals surface area contributed by atoms with Gasteiger partial charge in [-0.2, -0.15) is 0 Å². The summed E-state index contributed by atoms with van der Waals surface area (Å²) in [5, 5.41) is 3.65. The minimum absolute atomic E-state index is 0.601. The SMILES string of the molecule is C(=C\C1NC2CCC1C2)/c1cccnc1. The third-order valence-corrected chi connectivity index (χ3v) is 3.59. The fourth-order valence-electron chi connectivity index (χ4n) is 2.80. The lowest BCUT2D eigenvalue weighted by Gasteiger charge is -2.19. The molecule has 0 amide bonds. The average Bonchev–Trinajstić information content (AvgIpc) is 2.89. The molecular formula is C13H16N2. The lowest BCUT2D eigenvalue weighted by Crippen LogP contribution is -2.33. The fourth-order valence-corrected chi connectivity index (χ4v) is 2.80. The molecule has 0 spiro atoms. The van der Waals surface area contributed by atoms with Crippen molar-refractivity contribution in [3.05, 3.63) is 36.2 Å². The van der Waals surface area contributed by atoms with E-state index in [4.69, 9.17) is 0 Å². The standard InChI is InChI=1S/C13H16N2/c1-2-10(9-14-7-1)3-6-13-11-4-5-12(8-11)15-13/h1-3,6-7,9,11-13,15H,4-5,8H2/b6-3+. The molecule has 1 saturated carbocycles. The van der Waals surface area contributed by atoms with E-state index < -0.39 is 0 Å². The average molecular weight is 200 g/mol. The summed E-state index contributed by atoms with van der Waals surface area (Å²) in [6, 6.07) is 5.47. The van der Waals surface area contributed by atoms with Crippen LogP contribution in [0.4, 0.5) is 0 Å². The zero-order chi connectivity index (χ0) is 10.1. The second-order valence-electron chi connectivity index (χ2n) is 4.61. The van der Waals surface area contributed by atoms with Crippen LogP contribution in [0.2, 0.25) is 0 Å². The van der Waals surface area contributed by atoms with E-state index >= 15 is 0 Å². The van der Waals surface area contributed by atoms with Crippen LogP contribution in [0.5, 0.6) is 0 Å². The van der Waals surface area contributed by atoms with Crippen LogP contribution in [-0.4, -0.2) is 17.1 Å². The Labute approximate surface area is 90.4 Å². The molecule has 78 valence electrons. The molecule has 0 radical (unpaired) electrons. The van der Waals surface area contributed by atoms with Gasteiger partial charge in [-0.3, -0.25) is 4.98 Å². The van der Waals surface area contributed by atoms with Crippen molar-refractivity contribution in [1.29, 1.82) is 0 Å². The number of nitrogens with one attached hydrogen (secondary N) is 1. The summed E-state index contributed by atoms with van der Waals surface area (Å²) in [5.41, 5.74) is 1.20. The van der Waals surface area contributed by atoms with Gasteiger partial charge in [0.1, 0.15) is 0 Å². The molecule has 2 fully saturated rings. The van der Waals surface area contributed by atoms with Gasteiger partial charge in [-0.1, -0.05) is 18.2 Å². The molecular weight excluding hydrogens is 184 g/mol. The Hall–Kier alpha value is -1.15. The van der Waals surface area contributed by atoms with E-state index in [9.17, 15) is 0 Å². The molecule has 2 heteroatoms. The number of nitrogens with zero attached hydrogens (tertiary/aromatic N) is 1. The first-order chi connectivity index (χ1) is 7.42. The molecule has 2 aliphatic rings. The third kappa shape index (κ3) is 1.82. The molecule has 2 heterocycles. The smallest absolute Gasteiger partial charge is 0.0340 e. The van der Waals surface area contributed by atoms with E-state index in [-0.39, 0.29) is 0 Å². The van der Waals surface area contributed by atoms with Gasteiger partial charge >= 0.3 is 0 Å². The van der Waals surface area contributed by atoms with Gasteiger partial charge in [0.25, 0.3) is 0 Å². The van der Waals surface area contributed by atoms with Crippen LogP contribution < -0.4 is 5.32 Å². The topological polar surface area (TPSA) is 24.9 Å². The Morgan fingerprint density at radius 1 is 1.40 bits per heavy atom. The van der Waals surface area contributed by atoms with Crippen molar-refractivity contribution < 1.29 is 0 Å². The Kier molecular flexibility index (Phi) is 2.29.